The van der Waals surface area contributed by atoms with E-state index < -0.39 is 26.5 Å². The Morgan fingerprint density at radius 3 is 1.41 bits per heavy atom. The first-order chi connectivity index (χ1) is 28.0. The van der Waals surface area contributed by atoms with Gasteiger partial charge in [-0.2, -0.15) is 0 Å². The number of hydrogen-bond acceptors (Lipinski definition) is 7. The monoisotopic (exact) mass is 841 g/mol. The Morgan fingerprint density at radius 1 is 0.534 bits per heavy atom. The maximum Gasteiger partial charge on any atom is 0.472 e. The van der Waals surface area contributed by atoms with Gasteiger partial charge in [0.05, 0.1) is 27.7 Å². The Kier molecular flexibility index (Phi) is 39.4. The van der Waals surface area contributed by atoms with E-state index in [0.717, 1.165) is 51.4 Å². The van der Waals surface area contributed by atoms with Gasteiger partial charge in [0.1, 0.15) is 19.8 Å². The molecular formula is C48H91NO8P+. The van der Waals surface area contributed by atoms with Crippen LogP contribution in [0.2, 0.25) is 0 Å². The summed E-state index contributed by atoms with van der Waals surface area (Å²) in [5.74, 6) is -0.817. The topological polar surface area (TPSA) is 108 Å². The van der Waals surface area contributed by atoms with Crippen molar-refractivity contribution in [1.29, 1.82) is 0 Å². The third kappa shape index (κ3) is 43.8. The molecule has 0 saturated heterocycles. The van der Waals surface area contributed by atoms with E-state index in [0.29, 0.717) is 23.9 Å². The van der Waals surface area contributed by atoms with Crippen LogP contribution in [-0.2, 0) is 32.7 Å². The molecule has 1 unspecified atom stereocenters. The minimum atomic E-state index is -4.38. The number of phosphoric acid groups is 1. The van der Waals surface area contributed by atoms with Gasteiger partial charge in [-0.3, -0.25) is 18.6 Å². The maximum atomic E-state index is 12.7. The molecule has 1 N–H and O–H groups in total. The van der Waals surface area contributed by atoms with Crippen molar-refractivity contribution in [3.05, 3.63) is 36.5 Å². The number of nitrogens with zero attached hydrogens (tertiary/aromatic N) is 1. The molecule has 0 bridgehead atoms. The quantitative estimate of drug-likeness (QED) is 0.0213. The number of phosphoric ester groups is 1. The van der Waals surface area contributed by atoms with Crippen LogP contribution in [0.1, 0.15) is 206 Å². The highest BCUT2D eigenvalue weighted by molar-refractivity contribution is 7.47. The van der Waals surface area contributed by atoms with Crippen LogP contribution in [0.4, 0.5) is 0 Å². The predicted molar refractivity (Wildman–Crippen MR) is 243 cm³/mol. The van der Waals surface area contributed by atoms with E-state index in [1.165, 1.54) is 116 Å². The molecule has 0 rings (SSSR count). The van der Waals surface area contributed by atoms with Gasteiger partial charge in [-0.1, -0.05) is 179 Å². The summed E-state index contributed by atoms with van der Waals surface area (Å²) in [6, 6.07) is 0. The van der Waals surface area contributed by atoms with E-state index in [-0.39, 0.29) is 32.0 Å². The molecule has 0 aromatic carbocycles. The van der Waals surface area contributed by atoms with Crippen molar-refractivity contribution in [3.63, 3.8) is 0 Å². The van der Waals surface area contributed by atoms with Gasteiger partial charge in [-0.25, -0.2) is 4.57 Å². The van der Waals surface area contributed by atoms with E-state index in [9.17, 15) is 19.0 Å². The van der Waals surface area contributed by atoms with Gasteiger partial charge in [-0.15, -0.1) is 0 Å². The van der Waals surface area contributed by atoms with E-state index in [4.69, 9.17) is 18.5 Å². The molecule has 0 aliphatic rings. The smallest absolute Gasteiger partial charge is 0.462 e. The molecule has 0 radical (unpaired) electrons. The highest BCUT2D eigenvalue weighted by atomic mass is 31.2. The van der Waals surface area contributed by atoms with Gasteiger partial charge in [0.15, 0.2) is 6.10 Å². The van der Waals surface area contributed by atoms with Crippen LogP contribution in [0.3, 0.4) is 0 Å². The fourth-order valence-electron chi connectivity index (χ4n) is 6.43. The molecule has 0 fully saturated rings. The Hall–Kier alpha value is -1.77. The highest BCUT2D eigenvalue weighted by Crippen LogP contribution is 2.43. The first-order valence-electron chi connectivity index (χ1n) is 23.7. The minimum absolute atomic E-state index is 0.0288. The van der Waals surface area contributed by atoms with Crippen LogP contribution < -0.4 is 0 Å². The zero-order chi connectivity index (χ0) is 42.8. The lowest BCUT2D eigenvalue weighted by Crippen LogP contribution is -2.37. The van der Waals surface area contributed by atoms with Gasteiger partial charge in [0.2, 0.25) is 0 Å². The molecule has 2 atom stereocenters. The number of carbonyl (C=O) groups is 2. The third-order valence-electron chi connectivity index (χ3n) is 10.2. The first-order valence-corrected chi connectivity index (χ1v) is 25.2. The van der Waals surface area contributed by atoms with Crippen molar-refractivity contribution in [2.24, 2.45) is 0 Å². The Morgan fingerprint density at radius 2 is 0.931 bits per heavy atom. The van der Waals surface area contributed by atoms with Crippen molar-refractivity contribution in [1.82, 2.24) is 0 Å². The number of unbranched alkanes of at least 4 members (excludes halogenated alkanes) is 23. The molecule has 0 aromatic heterocycles. The fourth-order valence-corrected chi connectivity index (χ4v) is 7.17. The Balaban J connectivity index is 4.34. The molecule has 58 heavy (non-hydrogen) atoms. The summed E-state index contributed by atoms with van der Waals surface area (Å²) in [5, 5.41) is 0. The molecule has 0 aromatic rings. The summed E-state index contributed by atoms with van der Waals surface area (Å²) in [4.78, 5) is 35.4. The minimum Gasteiger partial charge on any atom is -0.462 e. The summed E-state index contributed by atoms with van der Waals surface area (Å²) in [6.07, 6.45) is 46.1. The lowest BCUT2D eigenvalue weighted by atomic mass is 10.0. The Labute approximate surface area is 357 Å². The second-order valence-electron chi connectivity index (χ2n) is 17.1. The summed E-state index contributed by atoms with van der Waals surface area (Å²) < 4.78 is 34.4. The van der Waals surface area contributed by atoms with Crippen LogP contribution in [0, 0.1) is 0 Å². The number of allylic oxidation sites excluding steroid dienone is 6. The van der Waals surface area contributed by atoms with E-state index in [1.807, 2.05) is 21.1 Å². The van der Waals surface area contributed by atoms with Crippen LogP contribution in [-0.4, -0.2) is 74.9 Å². The van der Waals surface area contributed by atoms with Crippen LogP contribution in [0.5, 0.6) is 0 Å². The summed E-state index contributed by atoms with van der Waals surface area (Å²) in [7, 11) is 1.47. The summed E-state index contributed by atoms with van der Waals surface area (Å²) in [5.41, 5.74) is 0. The van der Waals surface area contributed by atoms with Gasteiger partial charge in [0.25, 0.3) is 0 Å². The SMILES string of the molecule is CCCCC/C=C\C/C=C\C/C=C\CCCCCCC(=O)OC[C@H](COP(=O)(O)OCC[N+](C)(C)C)OC(=O)CCCCCCCCCCCCCCCCCCC. The largest absolute Gasteiger partial charge is 0.472 e. The lowest BCUT2D eigenvalue weighted by Gasteiger charge is -2.24. The number of carbonyl (C=O) groups excluding carboxylic acids is 2. The average molecular weight is 841 g/mol. The normalized spacial score (nSPS) is 13.8. The molecule has 10 heteroatoms. The number of likely N-dealkylation sites (N-methyl/N-ethyl adjacent to an activating group) is 1. The zero-order valence-corrected chi connectivity index (χ0v) is 39.2. The summed E-state index contributed by atoms with van der Waals surface area (Å²) >= 11 is 0. The van der Waals surface area contributed by atoms with Gasteiger partial charge >= 0.3 is 19.8 Å². The molecule has 0 aliphatic heterocycles. The third-order valence-corrected chi connectivity index (χ3v) is 11.2. The van der Waals surface area contributed by atoms with Crippen molar-refractivity contribution >= 4 is 19.8 Å². The van der Waals surface area contributed by atoms with Gasteiger partial charge in [-0.05, 0) is 51.4 Å². The molecule has 0 spiro atoms. The van der Waals surface area contributed by atoms with Gasteiger partial charge in [0, 0.05) is 12.8 Å². The number of rotatable bonds is 43. The predicted octanol–water partition coefficient (Wildman–Crippen LogP) is 13.7. The summed E-state index contributed by atoms with van der Waals surface area (Å²) in [6.45, 7) is 4.39. The fraction of sp³-hybridized carbons (Fsp3) is 0.833. The van der Waals surface area contributed by atoms with Crippen LogP contribution in [0.15, 0.2) is 36.5 Å². The molecule has 0 amide bonds. The standard InChI is InChI=1S/C48H90NO8P/c1-6-8-10-12-14-16-18-20-22-24-26-28-30-32-34-36-38-40-47(50)54-44-46(45-56-58(52,53)55-43-42-49(3,4)5)57-48(51)41-39-37-35-33-31-29-27-25-23-21-19-17-15-13-11-9-7-2/h14,16,20,22,26,28,46H,6-13,15,17-19,21,23-25,27,29-45H2,1-5H3/p+1/b16-14-,22-20-,28-26-/t46-/m1/s1. The van der Waals surface area contributed by atoms with E-state index in [1.54, 1.807) is 0 Å². The van der Waals surface area contributed by atoms with Gasteiger partial charge < -0.3 is 18.9 Å². The molecule has 340 valence electrons. The molecule has 0 heterocycles. The number of ether oxygens (including phenoxy) is 2. The van der Waals surface area contributed by atoms with Crippen molar-refractivity contribution < 1.29 is 42.1 Å². The van der Waals surface area contributed by atoms with Crippen LogP contribution in [0.25, 0.3) is 0 Å². The number of esters is 2. The number of quaternary nitrogens is 1. The first kappa shape index (κ1) is 56.2. The number of hydrogen-bond donors (Lipinski definition) is 1. The second kappa shape index (κ2) is 40.6. The second-order valence-corrected chi connectivity index (χ2v) is 18.6. The molecule has 0 aliphatic carbocycles. The molecular weight excluding hydrogens is 750 g/mol. The van der Waals surface area contributed by atoms with E-state index in [2.05, 4.69) is 50.3 Å². The Bertz CT molecular complexity index is 1090. The molecule has 0 saturated carbocycles. The lowest BCUT2D eigenvalue weighted by molar-refractivity contribution is -0.870. The average Bonchev–Trinajstić information content (AvgIpc) is 3.17. The highest BCUT2D eigenvalue weighted by Gasteiger charge is 2.27. The maximum absolute atomic E-state index is 12.7. The van der Waals surface area contributed by atoms with E-state index >= 15 is 0 Å². The molecule has 9 nitrogen and oxygen atoms in total. The van der Waals surface area contributed by atoms with Crippen molar-refractivity contribution in [2.75, 3.05) is 47.5 Å². The van der Waals surface area contributed by atoms with Crippen LogP contribution >= 0.6 is 7.82 Å². The zero-order valence-electron chi connectivity index (χ0n) is 38.3. The van der Waals surface area contributed by atoms with Crippen molar-refractivity contribution in [2.45, 2.75) is 213 Å². The van der Waals surface area contributed by atoms with Crippen molar-refractivity contribution in [3.8, 4) is 0 Å².